The Bertz CT molecular complexity index is 1230. The summed E-state index contributed by atoms with van der Waals surface area (Å²) in [4.78, 5) is 17.8. The number of rotatable bonds is 4. The lowest BCUT2D eigenvalue weighted by Crippen LogP contribution is -2.23. The van der Waals surface area contributed by atoms with Crippen molar-refractivity contribution >= 4 is 38.3 Å². The van der Waals surface area contributed by atoms with Gasteiger partial charge in [0.1, 0.15) is 11.5 Å². The first-order valence-corrected chi connectivity index (χ1v) is 9.59. The minimum absolute atomic E-state index is 0.204. The van der Waals surface area contributed by atoms with E-state index in [1.165, 1.54) is 15.9 Å². The second-order valence-electron chi connectivity index (χ2n) is 5.66. The van der Waals surface area contributed by atoms with E-state index in [4.69, 9.17) is 9.47 Å². The van der Waals surface area contributed by atoms with Crippen LogP contribution in [0.5, 0.6) is 11.5 Å². The molecule has 0 amide bonds. The Hall–Kier alpha value is -2.71. The van der Waals surface area contributed by atoms with E-state index in [9.17, 15) is 4.79 Å². The van der Waals surface area contributed by atoms with E-state index < -0.39 is 0 Å². The van der Waals surface area contributed by atoms with Gasteiger partial charge in [-0.1, -0.05) is 27.3 Å². The van der Waals surface area contributed by atoms with Crippen molar-refractivity contribution in [3.05, 3.63) is 67.4 Å². The molecule has 0 aliphatic carbocycles. The number of ether oxygens (including phenoxy) is 2. The molecule has 0 atom stereocenters. The summed E-state index contributed by atoms with van der Waals surface area (Å²) in [5, 5.41) is 4.36. The molecule has 0 spiro atoms. The van der Waals surface area contributed by atoms with E-state index >= 15 is 0 Å². The summed E-state index contributed by atoms with van der Waals surface area (Å²) < 4.78 is 13.3. The maximum Gasteiger partial charge on any atom is 0.291 e. The Balaban J connectivity index is 1.79. The first-order chi connectivity index (χ1) is 13.1. The van der Waals surface area contributed by atoms with E-state index in [0.717, 1.165) is 21.3 Å². The maximum atomic E-state index is 12.7. The molecule has 2 aromatic carbocycles. The quantitative estimate of drug-likeness (QED) is 0.484. The Morgan fingerprint density at radius 1 is 1.11 bits per heavy atom. The molecule has 2 heterocycles. The Morgan fingerprint density at radius 2 is 1.89 bits per heavy atom. The highest BCUT2D eigenvalue weighted by molar-refractivity contribution is 9.10. The fourth-order valence-corrected chi connectivity index (χ4v) is 3.93. The van der Waals surface area contributed by atoms with Crippen molar-refractivity contribution in [3.8, 4) is 22.9 Å². The Morgan fingerprint density at radius 3 is 2.56 bits per heavy atom. The van der Waals surface area contributed by atoms with Crippen LogP contribution in [0.2, 0.25) is 0 Å². The summed E-state index contributed by atoms with van der Waals surface area (Å²) in [7, 11) is 3.21. The topological polar surface area (TPSA) is 65.7 Å². The van der Waals surface area contributed by atoms with Gasteiger partial charge in [-0.15, -0.1) is 5.10 Å². The molecule has 136 valence electrons. The van der Waals surface area contributed by atoms with Gasteiger partial charge < -0.3 is 9.47 Å². The van der Waals surface area contributed by atoms with E-state index in [1.54, 1.807) is 20.3 Å². The van der Waals surface area contributed by atoms with E-state index in [2.05, 4.69) is 26.0 Å². The van der Waals surface area contributed by atoms with Gasteiger partial charge in [0.25, 0.3) is 5.56 Å². The van der Waals surface area contributed by atoms with Gasteiger partial charge in [0.05, 0.1) is 18.8 Å². The maximum absolute atomic E-state index is 12.7. The zero-order valence-corrected chi connectivity index (χ0v) is 16.9. The smallest absolute Gasteiger partial charge is 0.291 e. The number of hydrogen-bond donors (Lipinski definition) is 0. The van der Waals surface area contributed by atoms with Gasteiger partial charge in [-0.05, 0) is 48.5 Å². The average Bonchev–Trinajstić information content (AvgIpc) is 3.22. The molecular weight excluding hydrogens is 430 g/mol. The van der Waals surface area contributed by atoms with Gasteiger partial charge in [-0.3, -0.25) is 4.79 Å². The highest BCUT2D eigenvalue weighted by atomic mass is 79.9. The standard InChI is InChI=1S/C19H14BrN3O3S/c1-25-14-6-3-11(4-7-14)17-21-19-23(22-17)18(24)16(27-19)10-12-9-13(20)5-8-15(12)26-2/h3-10H,1-2H3/b16-10-. The minimum atomic E-state index is -0.204. The summed E-state index contributed by atoms with van der Waals surface area (Å²) in [6.45, 7) is 0. The highest BCUT2D eigenvalue weighted by Gasteiger charge is 2.12. The summed E-state index contributed by atoms with van der Waals surface area (Å²) in [6.07, 6.45) is 1.79. The van der Waals surface area contributed by atoms with E-state index in [0.29, 0.717) is 21.1 Å². The van der Waals surface area contributed by atoms with Crippen LogP contribution in [0, 0.1) is 0 Å². The first kappa shape index (κ1) is 17.7. The summed E-state index contributed by atoms with van der Waals surface area (Å²) >= 11 is 4.73. The number of benzene rings is 2. The van der Waals surface area contributed by atoms with Crippen LogP contribution < -0.4 is 19.6 Å². The van der Waals surface area contributed by atoms with Gasteiger partial charge in [-0.2, -0.15) is 9.50 Å². The third-order valence-corrected chi connectivity index (χ3v) is 5.46. The summed E-state index contributed by atoms with van der Waals surface area (Å²) in [5.41, 5.74) is 1.43. The summed E-state index contributed by atoms with van der Waals surface area (Å²) in [6, 6.07) is 13.0. The number of fused-ring (bicyclic) bond motifs is 1. The fourth-order valence-electron chi connectivity index (χ4n) is 2.66. The number of hydrogen-bond acceptors (Lipinski definition) is 6. The molecule has 0 saturated heterocycles. The third kappa shape index (κ3) is 3.33. The number of nitrogens with zero attached hydrogens (tertiary/aromatic N) is 3. The van der Waals surface area contributed by atoms with Crippen molar-refractivity contribution in [2.75, 3.05) is 14.2 Å². The molecule has 6 nitrogen and oxygen atoms in total. The molecule has 0 aliphatic heterocycles. The average molecular weight is 444 g/mol. The first-order valence-electron chi connectivity index (χ1n) is 7.98. The van der Waals surface area contributed by atoms with Gasteiger partial charge >= 0.3 is 0 Å². The monoisotopic (exact) mass is 443 g/mol. The Kier molecular flexibility index (Phi) is 4.67. The van der Waals surface area contributed by atoms with Crippen molar-refractivity contribution in [1.82, 2.24) is 14.6 Å². The van der Waals surface area contributed by atoms with Crippen molar-refractivity contribution in [3.63, 3.8) is 0 Å². The van der Waals surface area contributed by atoms with Gasteiger partial charge in [-0.25, -0.2) is 0 Å². The number of aromatic nitrogens is 3. The number of halogens is 1. The van der Waals surface area contributed by atoms with Crippen molar-refractivity contribution < 1.29 is 9.47 Å². The molecule has 2 aromatic heterocycles. The third-order valence-electron chi connectivity index (χ3n) is 4.01. The largest absolute Gasteiger partial charge is 0.497 e. The molecule has 27 heavy (non-hydrogen) atoms. The molecule has 4 aromatic rings. The van der Waals surface area contributed by atoms with Crippen LogP contribution in [0.1, 0.15) is 5.56 Å². The molecule has 0 aliphatic rings. The lowest BCUT2D eigenvalue weighted by atomic mass is 10.2. The van der Waals surface area contributed by atoms with E-state index in [1.807, 2.05) is 42.5 Å². The predicted molar refractivity (Wildman–Crippen MR) is 109 cm³/mol. The SMILES string of the molecule is COc1ccc(-c2nc3s/c(=C\c4cc(Br)ccc4OC)c(=O)n3n2)cc1. The van der Waals surface area contributed by atoms with Crippen molar-refractivity contribution in [2.45, 2.75) is 0 Å². The number of thiazole rings is 1. The Labute approximate surface area is 166 Å². The molecule has 0 fully saturated rings. The highest BCUT2D eigenvalue weighted by Crippen LogP contribution is 2.24. The second kappa shape index (κ2) is 7.13. The van der Waals surface area contributed by atoms with Crippen molar-refractivity contribution in [1.29, 1.82) is 0 Å². The molecule has 0 N–H and O–H groups in total. The minimum Gasteiger partial charge on any atom is -0.497 e. The van der Waals surface area contributed by atoms with Gasteiger partial charge in [0.15, 0.2) is 5.82 Å². The van der Waals surface area contributed by atoms with Crippen LogP contribution in [0.25, 0.3) is 22.4 Å². The van der Waals surface area contributed by atoms with Crippen LogP contribution in [0.15, 0.2) is 51.7 Å². The summed E-state index contributed by atoms with van der Waals surface area (Å²) in [5.74, 6) is 1.95. The van der Waals surface area contributed by atoms with Crippen molar-refractivity contribution in [2.24, 2.45) is 0 Å². The molecule has 0 bridgehead atoms. The molecule has 0 radical (unpaired) electrons. The lowest BCUT2D eigenvalue weighted by molar-refractivity contribution is 0.413. The second-order valence-corrected chi connectivity index (χ2v) is 7.59. The zero-order chi connectivity index (χ0) is 19.0. The molecule has 0 unspecified atom stereocenters. The molecule has 0 saturated carbocycles. The molecular formula is C19H14BrN3O3S. The van der Waals surface area contributed by atoms with Crippen LogP contribution >= 0.6 is 27.3 Å². The zero-order valence-electron chi connectivity index (χ0n) is 14.5. The van der Waals surface area contributed by atoms with Crippen LogP contribution in [0.3, 0.4) is 0 Å². The van der Waals surface area contributed by atoms with Crippen LogP contribution in [0.4, 0.5) is 0 Å². The van der Waals surface area contributed by atoms with Crippen LogP contribution in [-0.2, 0) is 0 Å². The lowest BCUT2D eigenvalue weighted by Gasteiger charge is -2.04. The molecule has 4 rings (SSSR count). The van der Waals surface area contributed by atoms with Gasteiger partial charge in [0, 0.05) is 15.6 Å². The predicted octanol–water partition coefficient (Wildman–Crippen LogP) is 3.15. The number of methoxy groups -OCH3 is 2. The molecule has 8 heteroatoms. The van der Waals surface area contributed by atoms with Crippen LogP contribution in [-0.4, -0.2) is 28.8 Å². The van der Waals surface area contributed by atoms with E-state index in [-0.39, 0.29) is 5.56 Å². The van der Waals surface area contributed by atoms with Gasteiger partial charge in [0.2, 0.25) is 4.96 Å². The fraction of sp³-hybridized carbons (Fsp3) is 0.105. The normalized spacial score (nSPS) is 11.9.